The molecule has 0 bridgehead atoms. The predicted octanol–water partition coefficient (Wildman–Crippen LogP) is 2.04. The highest BCUT2D eigenvalue weighted by molar-refractivity contribution is 5.76. The van der Waals surface area contributed by atoms with Gasteiger partial charge in [0.1, 0.15) is 11.6 Å². The number of amides is 1. The van der Waals surface area contributed by atoms with Crippen molar-refractivity contribution in [2.24, 2.45) is 0 Å². The fourth-order valence-corrected chi connectivity index (χ4v) is 3.11. The first kappa shape index (κ1) is 20.4. The molecule has 0 aliphatic carbocycles. The third-order valence-electron chi connectivity index (χ3n) is 4.63. The van der Waals surface area contributed by atoms with E-state index in [-0.39, 0.29) is 17.0 Å². The number of H-pyrrole nitrogens is 1. The number of carbonyl (C=O) groups is 1. The van der Waals surface area contributed by atoms with Crippen LogP contribution in [0.1, 0.15) is 34.4 Å². The van der Waals surface area contributed by atoms with Crippen molar-refractivity contribution >= 4 is 5.91 Å². The van der Waals surface area contributed by atoms with Gasteiger partial charge in [0.2, 0.25) is 5.91 Å². The van der Waals surface area contributed by atoms with E-state index in [1.165, 1.54) is 5.56 Å². The van der Waals surface area contributed by atoms with E-state index in [0.29, 0.717) is 30.6 Å². The molecule has 27 heavy (non-hydrogen) atoms. The van der Waals surface area contributed by atoms with Gasteiger partial charge in [-0.25, -0.2) is 0 Å². The summed E-state index contributed by atoms with van der Waals surface area (Å²) >= 11 is 0. The Balaban J connectivity index is 1.80. The molecule has 0 radical (unpaired) electrons. The van der Waals surface area contributed by atoms with E-state index in [0.717, 1.165) is 18.7 Å². The maximum Gasteiger partial charge on any atom is 0.266 e. The van der Waals surface area contributed by atoms with Crippen molar-refractivity contribution in [3.63, 3.8) is 0 Å². The zero-order valence-corrected chi connectivity index (χ0v) is 16.1. The molecule has 2 N–H and O–H groups in total. The maximum absolute atomic E-state index is 12.1. The number of hydrogen-bond donors (Lipinski definition) is 2. The number of nitrogens with zero attached hydrogens (tertiary/aromatic N) is 2. The summed E-state index contributed by atoms with van der Waals surface area (Å²) in [7, 11) is 2.02. The van der Waals surface area contributed by atoms with E-state index in [1.54, 1.807) is 13.8 Å². The van der Waals surface area contributed by atoms with Crippen LogP contribution in [0.15, 0.2) is 35.1 Å². The second kappa shape index (κ2) is 9.70. The highest BCUT2D eigenvalue weighted by Crippen LogP contribution is 2.14. The first-order chi connectivity index (χ1) is 12.9. The highest BCUT2D eigenvalue weighted by Gasteiger charge is 2.13. The Morgan fingerprint density at radius 2 is 1.96 bits per heavy atom. The van der Waals surface area contributed by atoms with Crippen LogP contribution in [0.25, 0.3) is 0 Å². The number of benzene rings is 1. The summed E-state index contributed by atoms with van der Waals surface area (Å²) in [6.07, 6.45) is 0.815. The first-order valence-corrected chi connectivity index (χ1v) is 9.04. The van der Waals surface area contributed by atoms with Gasteiger partial charge in [-0.1, -0.05) is 30.3 Å². The average Bonchev–Trinajstić information content (AvgIpc) is 2.62. The summed E-state index contributed by atoms with van der Waals surface area (Å²) in [5.41, 5.74) is 3.23. The van der Waals surface area contributed by atoms with Gasteiger partial charge in [0.25, 0.3) is 5.56 Å². The van der Waals surface area contributed by atoms with Gasteiger partial charge in [0.05, 0.1) is 0 Å². The van der Waals surface area contributed by atoms with Crippen LogP contribution >= 0.6 is 0 Å². The van der Waals surface area contributed by atoms with Gasteiger partial charge in [0, 0.05) is 31.7 Å². The number of aromatic amines is 1. The van der Waals surface area contributed by atoms with Crippen molar-refractivity contribution in [1.82, 2.24) is 15.2 Å². The van der Waals surface area contributed by atoms with Gasteiger partial charge in [0.15, 0.2) is 0 Å². The fraction of sp³-hybridized carbons (Fsp3) is 0.381. The molecule has 0 fully saturated rings. The zero-order chi connectivity index (χ0) is 19.8. The van der Waals surface area contributed by atoms with Crippen LogP contribution in [-0.4, -0.2) is 35.9 Å². The van der Waals surface area contributed by atoms with Crippen molar-refractivity contribution < 1.29 is 4.79 Å². The van der Waals surface area contributed by atoms with Crippen molar-refractivity contribution in [2.75, 3.05) is 20.1 Å². The van der Waals surface area contributed by atoms with Crippen molar-refractivity contribution in [3.8, 4) is 6.07 Å². The molecule has 2 aromatic rings. The predicted molar refractivity (Wildman–Crippen MR) is 105 cm³/mol. The average molecular weight is 366 g/mol. The van der Waals surface area contributed by atoms with E-state index in [9.17, 15) is 9.59 Å². The Hall–Kier alpha value is -2.91. The Morgan fingerprint density at radius 1 is 1.26 bits per heavy atom. The summed E-state index contributed by atoms with van der Waals surface area (Å²) in [5.74, 6) is -0.0355. The second-order valence-electron chi connectivity index (χ2n) is 6.74. The molecule has 6 heteroatoms. The number of aryl methyl sites for hydroxylation is 1. The number of pyridine rings is 1. The molecule has 1 amide bonds. The molecule has 142 valence electrons. The standard InChI is InChI=1S/C21H26N4O2/c1-15-18(16(2)24-21(27)19(15)13-22)9-10-20(26)23-11-12-25(3)14-17-7-5-4-6-8-17/h4-8H,9-12,14H2,1-3H3,(H,23,26)(H,24,27). The number of hydrogen-bond acceptors (Lipinski definition) is 4. The molecule has 0 aliphatic rings. The summed E-state index contributed by atoms with van der Waals surface area (Å²) in [4.78, 5) is 28.7. The summed E-state index contributed by atoms with van der Waals surface area (Å²) in [6, 6.07) is 12.1. The molecule has 0 saturated heterocycles. The molecule has 1 heterocycles. The minimum atomic E-state index is -0.373. The normalized spacial score (nSPS) is 10.6. The van der Waals surface area contributed by atoms with Gasteiger partial charge >= 0.3 is 0 Å². The lowest BCUT2D eigenvalue weighted by Gasteiger charge is -2.17. The Labute approximate surface area is 159 Å². The molecule has 0 saturated carbocycles. The topological polar surface area (TPSA) is 89.0 Å². The van der Waals surface area contributed by atoms with Crippen LogP contribution < -0.4 is 10.9 Å². The SMILES string of the molecule is Cc1[nH]c(=O)c(C#N)c(C)c1CCC(=O)NCCN(C)Cc1ccccc1. The van der Waals surface area contributed by atoms with E-state index in [1.807, 2.05) is 31.3 Å². The summed E-state index contributed by atoms with van der Waals surface area (Å²) in [6.45, 7) is 5.72. The molecule has 1 aromatic heterocycles. The number of likely N-dealkylation sites (N-methyl/N-ethyl adjacent to an activating group) is 1. The van der Waals surface area contributed by atoms with Crippen molar-refractivity contribution in [3.05, 3.63) is 68.6 Å². The second-order valence-corrected chi connectivity index (χ2v) is 6.74. The lowest BCUT2D eigenvalue weighted by atomic mass is 9.99. The highest BCUT2D eigenvalue weighted by atomic mass is 16.1. The molecular formula is C21H26N4O2. The van der Waals surface area contributed by atoms with E-state index >= 15 is 0 Å². The lowest BCUT2D eigenvalue weighted by Crippen LogP contribution is -2.33. The monoisotopic (exact) mass is 366 g/mol. The summed E-state index contributed by atoms with van der Waals surface area (Å²) < 4.78 is 0. The van der Waals surface area contributed by atoms with Crippen LogP contribution in [0.5, 0.6) is 0 Å². The number of nitriles is 1. The minimum absolute atomic E-state index is 0.0355. The Bertz CT molecular complexity index is 882. The van der Waals surface area contributed by atoms with E-state index < -0.39 is 0 Å². The van der Waals surface area contributed by atoms with Gasteiger partial charge in [-0.15, -0.1) is 0 Å². The van der Waals surface area contributed by atoms with Crippen LogP contribution in [0.3, 0.4) is 0 Å². The molecule has 6 nitrogen and oxygen atoms in total. The molecule has 0 unspecified atom stereocenters. The zero-order valence-electron chi connectivity index (χ0n) is 16.1. The summed E-state index contributed by atoms with van der Waals surface area (Å²) in [5, 5.41) is 12.0. The fourth-order valence-electron chi connectivity index (χ4n) is 3.11. The largest absolute Gasteiger partial charge is 0.355 e. The van der Waals surface area contributed by atoms with Gasteiger partial charge in [-0.05, 0) is 44.0 Å². The third kappa shape index (κ3) is 5.80. The van der Waals surface area contributed by atoms with Crippen molar-refractivity contribution in [1.29, 1.82) is 5.26 Å². The van der Waals surface area contributed by atoms with Gasteiger partial charge in [-0.2, -0.15) is 5.26 Å². The first-order valence-electron chi connectivity index (χ1n) is 9.04. The molecule has 0 spiro atoms. The van der Waals surface area contributed by atoms with Crippen molar-refractivity contribution in [2.45, 2.75) is 33.2 Å². The lowest BCUT2D eigenvalue weighted by molar-refractivity contribution is -0.121. The molecule has 0 aliphatic heterocycles. The van der Waals surface area contributed by atoms with Crippen LogP contribution in [-0.2, 0) is 17.8 Å². The Kier molecular flexibility index (Phi) is 7.33. The minimum Gasteiger partial charge on any atom is -0.355 e. The molecule has 0 atom stereocenters. The van der Waals surface area contributed by atoms with Gasteiger partial charge < -0.3 is 15.2 Å². The number of nitrogens with one attached hydrogen (secondary N) is 2. The van der Waals surface area contributed by atoms with E-state index in [4.69, 9.17) is 5.26 Å². The molecular weight excluding hydrogens is 340 g/mol. The van der Waals surface area contributed by atoms with Crippen LogP contribution in [0.2, 0.25) is 0 Å². The number of aromatic nitrogens is 1. The van der Waals surface area contributed by atoms with Gasteiger partial charge in [-0.3, -0.25) is 9.59 Å². The maximum atomic E-state index is 12.1. The quantitative estimate of drug-likeness (QED) is 0.748. The number of carbonyl (C=O) groups excluding carboxylic acids is 1. The van der Waals surface area contributed by atoms with E-state index in [2.05, 4.69) is 27.3 Å². The number of rotatable bonds is 8. The third-order valence-corrected chi connectivity index (χ3v) is 4.63. The molecule has 1 aromatic carbocycles. The smallest absolute Gasteiger partial charge is 0.266 e. The Morgan fingerprint density at radius 3 is 2.63 bits per heavy atom. The van der Waals surface area contributed by atoms with Crippen LogP contribution in [0.4, 0.5) is 0 Å². The van der Waals surface area contributed by atoms with Crippen LogP contribution in [0, 0.1) is 25.2 Å². The molecule has 2 rings (SSSR count).